The molecular formula is C12H23N3S. The Kier molecular flexibility index (Phi) is 5.95. The maximum absolute atomic E-state index is 6.10. The van der Waals surface area contributed by atoms with Crippen molar-refractivity contribution in [3.05, 3.63) is 16.6 Å². The average Bonchev–Trinajstić information content (AvgIpc) is 2.82. The molecule has 0 radical (unpaired) electrons. The van der Waals surface area contributed by atoms with Crippen molar-refractivity contribution in [3.63, 3.8) is 0 Å². The summed E-state index contributed by atoms with van der Waals surface area (Å²) in [5, 5.41) is 6.70. The van der Waals surface area contributed by atoms with Crippen LogP contribution in [0.2, 0.25) is 0 Å². The predicted octanol–water partition coefficient (Wildman–Crippen LogP) is 2.56. The molecule has 0 aliphatic carbocycles. The molecule has 1 heterocycles. The number of nitrogens with one attached hydrogen (secondary N) is 1. The van der Waals surface area contributed by atoms with Crippen molar-refractivity contribution < 1.29 is 0 Å². The van der Waals surface area contributed by atoms with Crippen LogP contribution in [0.25, 0.3) is 0 Å². The summed E-state index contributed by atoms with van der Waals surface area (Å²) in [6.07, 6.45) is 4.05. The molecule has 0 fully saturated rings. The van der Waals surface area contributed by atoms with Gasteiger partial charge in [-0.3, -0.25) is 0 Å². The van der Waals surface area contributed by atoms with E-state index in [4.69, 9.17) is 5.73 Å². The number of nitrogens with zero attached hydrogens (tertiary/aromatic N) is 1. The molecule has 0 aliphatic rings. The minimum atomic E-state index is 0.235. The lowest BCUT2D eigenvalue weighted by molar-refractivity contribution is 0.391. The first-order valence-corrected chi connectivity index (χ1v) is 6.95. The molecule has 92 valence electrons. The van der Waals surface area contributed by atoms with Crippen molar-refractivity contribution in [1.82, 2.24) is 10.3 Å². The van der Waals surface area contributed by atoms with Gasteiger partial charge in [-0.2, -0.15) is 0 Å². The minimum absolute atomic E-state index is 0.235. The molecule has 3 unspecified atom stereocenters. The van der Waals surface area contributed by atoms with Crippen LogP contribution in [0, 0.1) is 5.92 Å². The van der Waals surface area contributed by atoms with Gasteiger partial charge in [-0.15, -0.1) is 11.3 Å². The molecule has 0 bridgehead atoms. The Hall–Kier alpha value is -0.450. The highest BCUT2D eigenvalue weighted by Gasteiger charge is 2.15. The number of thiazole rings is 1. The first-order chi connectivity index (χ1) is 7.69. The summed E-state index contributed by atoms with van der Waals surface area (Å²) in [7, 11) is 0. The lowest BCUT2D eigenvalue weighted by Gasteiger charge is -2.22. The second-order valence-electron chi connectivity index (χ2n) is 4.29. The van der Waals surface area contributed by atoms with Gasteiger partial charge in [0.1, 0.15) is 5.01 Å². The van der Waals surface area contributed by atoms with Crippen molar-refractivity contribution >= 4 is 11.3 Å². The number of hydrogen-bond acceptors (Lipinski definition) is 4. The quantitative estimate of drug-likeness (QED) is 0.771. The van der Waals surface area contributed by atoms with E-state index in [0.717, 1.165) is 19.4 Å². The van der Waals surface area contributed by atoms with E-state index in [9.17, 15) is 0 Å². The van der Waals surface area contributed by atoms with E-state index >= 15 is 0 Å². The molecule has 0 aromatic carbocycles. The van der Waals surface area contributed by atoms with Gasteiger partial charge >= 0.3 is 0 Å². The zero-order valence-electron chi connectivity index (χ0n) is 10.4. The van der Waals surface area contributed by atoms with Gasteiger partial charge in [-0.25, -0.2) is 4.98 Å². The average molecular weight is 241 g/mol. The lowest BCUT2D eigenvalue weighted by Crippen LogP contribution is -2.40. The Morgan fingerprint density at radius 1 is 1.44 bits per heavy atom. The Morgan fingerprint density at radius 2 is 2.19 bits per heavy atom. The standard InChI is InChI=1S/C12H23N3S/c1-4-9(3)10(13)8-15-11(5-2)12-14-6-7-16-12/h6-7,9-11,15H,4-5,8,13H2,1-3H3. The van der Waals surface area contributed by atoms with Crippen molar-refractivity contribution in [2.45, 2.75) is 45.7 Å². The summed E-state index contributed by atoms with van der Waals surface area (Å²) in [6, 6.07) is 0.592. The zero-order valence-corrected chi connectivity index (χ0v) is 11.3. The SMILES string of the molecule is CCC(NCC(N)C(C)CC)c1nccs1. The van der Waals surface area contributed by atoms with E-state index in [1.54, 1.807) is 11.3 Å². The van der Waals surface area contributed by atoms with Crippen LogP contribution in [-0.4, -0.2) is 17.6 Å². The topological polar surface area (TPSA) is 50.9 Å². The highest BCUT2D eigenvalue weighted by molar-refractivity contribution is 7.09. The van der Waals surface area contributed by atoms with Crippen LogP contribution in [0.15, 0.2) is 11.6 Å². The molecule has 0 spiro atoms. The molecule has 4 heteroatoms. The minimum Gasteiger partial charge on any atom is -0.326 e. The highest BCUT2D eigenvalue weighted by Crippen LogP contribution is 2.18. The van der Waals surface area contributed by atoms with Crippen LogP contribution in [0.5, 0.6) is 0 Å². The van der Waals surface area contributed by atoms with Crippen molar-refractivity contribution in [2.24, 2.45) is 11.7 Å². The Bertz CT molecular complexity index is 274. The van der Waals surface area contributed by atoms with Gasteiger partial charge in [0.05, 0.1) is 6.04 Å². The Balaban J connectivity index is 2.40. The van der Waals surface area contributed by atoms with Crippen molar-refractivity contribution in [2.75, 3.05) is 6.54 Å². The normalized spacial score (nSPS) is 17.0. The van der Waals surface area contributed by atoms with Crippen LogP contribution in [0.1, 0.15) is 44.7 Å². The first kappa shape index (κ1) is 13.6. The fourth-order valence-corrected chi connectivity index (χ4v) is 2.39. The van der Waals surface area contributed by atoms with Crippen LogP contribution in [0.3, 0.4) is 0 Å². The van der Waals surface area contributed by atoms with Crippen molar-refractivity contribution in [3.8, 4) is 0 Å². The van der Waals surface area contributed by atoms with E-state index in [0.29, 0.717) is 12.0 Å². The van der Waals surface area contributed by atoms with Gasteiger partial charge in [0.15, 0.2) is 0 Å². The maximum atomic E-state index is 6.10. The smallest absolute Gasteiger partial charge is 0.109 e. The number of nitrogens with two attached hydrogens (primary N) is 1. The van der Waals surface area contributed by atoms with Gasteiger partial charge < -0.3 is 11.1 Å². The maximum Gasteiger partial charge on any atom is 0.109 e. The molecule has 0 aliphatic heterocycles. The summed E-state index contributed by atoms with van der Waals surface area (Å²) >= 11 is 1.71. The van der Waals surface area contributed by atoms with Gasteiger partial charge in [0.2, 0.25) is 0 Å². The highest BCUT2D eigenvalue weighted by atomic mass is 32.1. The van der Waals surface area contributed by atoms with Crippen LogP contribution >= 0.6 is 11.3 Å². The third-order valence-corrected chi connectivity index (χ3v) is 4.02. The molecular weight excluding hydrogens is 218 g/mol. The summed E-state index contributed by atoms with van der Waals surface area (Å²) < 4.78 is 0. The summed E-state index contributed by atoms with van der Waals surface area (Å²) in [5.41, 5.74) is 6.10. The van der Waals surface area contributed by atoms with Gasteiger partial charge in [0, 0.05) is 24.2 Å². The molecule has 1 aromatic rings. The summed E-state index contributed by atoms with van der Waals surface area (Å²) in [4.78, 5) is 4.35. The van der Waals surface area contributed by atoms with Crippen LogP contribution < -0.4 is 11.1 Å². The van der Waals surface area contributed by atoms with Gasteiger partial charge in [0.25, 0.3) is 0 Å². The van der Waals surface area contributed by atoms with E-state index in [1.165, 1.54) is 5.01 Å². The molecule has 3 N–H and O–H groups in total. The van der Waals surface area contributed by atoms with Crippen LogP contribution in [0.4, 0.5) is 0 Å². The third kappa shape index (κ3) is 3.85. The van der Waals surface area contributed by atoms with Crippen molar-refractivity contribution in [1.29, 1.82) is 0 Å². The second kappa shape index (κ2) is 6.99. The Labute approximate surface area is 102 Å². The fourth-order valence-electron chi connectivity index (χ4n) is 1.60. The monoisotopic (exact) mass is 241 g/mol. The molecule has 3 atom stereocenters. The van der Waals surface area contributed by atoms with E-state index in [2.05, 4.69) is 31.1 Å². The third-order valence-electron chi connectivity index (χ3n) is 3.13. The first-order valence-electron chi connectivity index (χ1n) is 6.07. The molecule has 16 heavy (non-hydrogen) atoms. The summed E-state index contributed by atoms with van der Waals surface area (Å²) in [6.45, 7) is 7.43. The zero-order chi connectivity index (χ0) is 12.0. The molecule has 0 saturated carbocycles. The molecule has 0 saturated heterocycles. The van der Waals surface area contributed by atoms with E-state index in [1.807, 2.05) is 11.6 Å². The van der Waals surface area contributed by atoms with E-state index in [-0.39, 0.29) is 6.04 Å². The molecule has 3 nitrogen and oxygen atoms in total. The largest absolute Gasteiger partial charge is 0.326 e. The molecule has 1 aromatic heterocycles. The number of hydrogen-bond donors (Lipinski definition) is 2. The van der Waals surface area contributed by atoms with Gasteiger partial charge in [-0.05, 0) is 12.3 Å². The molecule has 1 rings (SSSR count). The Morgan fingerprint density at radius 3 is 2.69 bits per heavy atom. The fraction of sp³-hybridized carbons (Fsp3) is 0.750. The summed E-state index contributed by atoms with van der Waals surface area (Å²) in [5.74, 6) is 0.571. The van der Waals surface area contributed by atoms with E-state index < -0.39 is 0 Å². The number of rotatable bonds is 7. The van der Waals surface area contributed by atoms with Gasteiger partial charge in [-0.1, -0.05) is 27.2 Å². The second-order valence-corrected chi connectivity index (χ2v) is 5.21. The van der Waals surface area contributed by atoms with Crippen LogP contribution in [-0.2, 0) is 0 Å². The lowest BCUT2D eigenvalue weighted by atomic mass is 10.00. The predicted molar refractivity (Wildman–Crippen MR) is 70.6 cm³/mol. The molecule has 0 amide bonds. The number of aromatic nitrogens is 1.